The Bertz CT molecular complexity index is 1220. The number of nitrogens with zero attached hydrogens (tertiary/aromatic N) is 1. The smallest absolute Gasteiger partial charge is 0.261 e. The van der Waals surface area contributed by atoms with Crippen LogP contribution in [0.3, 0.4) is 0 Å². The largest absolute Gasteiger partial charge is 0.484 e. The molecule has 3 aromatic carbocycles. The van der Waals surface area contributed by atoms with Crippen molar-refractivity contribution < 1.29 is 14.3 Å². The first-order chi connectivity index (χ1) is 18.4. The Balaban J connectivity index is 1.62. The van der Waals surface area contributed by atoms with Crippen LogP contribution in [0.2, 0.25) is 5.02 Å². The van der Waals surface area contributed by atoms with Crippen LogP contribution in [0.4, 0.5) is 0 Å². The molecule has 0 spiro atoms. The second-order valence-electron chi connectivity index (χ2n) is 10.2. The Kier molecular flexibility index (Phi) is 9.83. The van der Waals surface area contributed by atoms with E-state index >= 15 is 0 Å². The summed E-state index contributed by atoms with van der Waals surface area (Å²) in [5, 5.41) is 3.82. The Morgan fingerprint density at radius 1 is 0.947 bits per heavy atom. The standard InChI is InChI=1S/C32H37ClN2O3/c1-23-17-18-28(19-24(23)2)38-22-31(36)35(21-26-13-9-10-16-29(26)33)30(20-25-11-5-3-6-12-25)32(37)34-27-14-7-4-8-15-27/h3,5-6,9-13,16-19,27,30H,4,7-8,14-15,20-22H2,1-2H3,(H,34,37). The van der Waals surface area contributed by atoms with Crippen molar-refractivity contribution in [3.05, 3.63) is 100 Å². The highest BCUT2D eigenvalue weighted by Gasteiger charge is 2.32. The van der Waals surface area contributed by atoms with E-state index in [-0.39, 0.29) is 31.0 Å². The van der Waals surface area contributed by atoms with Gasteiger partial charge in [0.2, 0.25) is 5.91 Å². The van der Waals surface area contributed by atoms with Gasteiger partial charge in [-0.3, -0.25) is 9.59 Å². The molecule has 0 radical (unpaired) electrons. The van der Waals surface area contributed by atoms with Gasteiger partial charge in [-0.15, -0.1) is 0 Å². The van der Waals surface area contributed by atoms with E-state index in [1.54, 1.807) is 11.0 Å². The molecular formula is C32H37ClN2O3. The molecule has 1 saturated carbocycles. The summed E-state index contributed by atoms with van der Waals surface area (Å²) in [7, 11) is 0. The van der Waals surface area contributed by atoms with Crippen molar-refractivity contribution in [3.63, 3.8) is 0 Å². The van der Waals surface area contributed by atoms with Crippen molar-refractivity contribution >= 4 is 23.4 Å². The molecule has 6 heteroatoms. The Labute approximate surface area is 231 Å². The lowest BCUT2D eigenvalue weighted by Gasteiger charge is -2.33. The third-order valence-corrected chi connectivity index (χ3v) is 7.73. The lowest BCUT2D eigenvalue weighted by molar-refractivity contribution is -0.143. The number of aryl methyl sites for hydroxylation is 2. The molecule has 200 valence electrons. The zero-order chi connectivity index (χ0) is 26.9. The molecule has 0 saturated heterocycles. The van der Waals surface area contributed by atoms with Crippen molar-refractivity contribution in [1.29, 1.82) is 0 Å². The van der Waals surface area contributed by atoms with Crippen molar-refractivity contribution in [3.8, 4) is 5.75 Å². The minimum atomic E-state index is -0.702. The number of hydrogen-bond donors (Lipinski definition) is 1. The predicted octanol–water partition coefficient (Wildman–Crippen LogP) is 6.42. The molecule has 0 heterocycles. The lowest BCUT2D eigenvalue weighted by Crippen LogP contribution is -2.53. The summed E-state index contributed by atoms with van der Waals surface area (Å²) >= 11 is 6.51. The number of halogens is 1. The molecule has 1 aliphatic carbocycles. The lowest BCUT2D eigenvalue weighted by atomic mass is 9.94. The van der Waals surface area contributed by atoms with Crippen LogP contribution in [0.5, 0.6) is 5.75 Å². The van der Waals surface area contributed by atoms with Gasteiger partial charge in [0.25, 0.3) is 5.91 Å². The van der Waals surface area contributed by atoms with E-state index < -0.39 is 6.04 Å². The number of carbonyl (C=O) groups excluding carboxylic acids is 2. The molecule has 4 rings (SSSR count). The van der Waals surface area contributed by atoms with Crippen molar-refractivity contribution in [2.24, 2.45) is 0 Å². The van der Waals surface area contributed by atoms with Gasteiger partial charge in [-0.1, -0.05) is 85.5 Å². The Morgan fingerprint density at radius 3 is 2.37 bits per heavy atom. The third-order valence-electron chi connectivity index (χ3n) is 7.36. The summed E-state index contributed by atoms with van der Waals surface area (Å²) in [4.78, 5) is 29.2. The van der Waals surface area contributed by atoms with Gasteiger partial charge >= 0.3 is 0 Å². The highest BCUT2D eigenvalue weighted by molar-refractivity contribution is 6.31. The maximum atomic E-state index is 13.8. The number of benzene rings is 3. The average Bonchev–Trinajstić information content (AvgIpc) is 2.93. The van der Waals surface area contributed by atoms with Crippen LogP contribution in [-0.4, -0.2) is 35.4 Å². The second kappa shape index (κ2) is 13.5. The van der Waals surface area contributed by atoms with Crippen LogP contribution in [0.25, 0.3) is 0 Å². The summed E-state index contributed by atoms with van der Waals surface area (Å²) in [5.74, 6) is 0.237. The van der Waals surface area contributed by atoms with Gasteiger partial charge in [-0.2, -0.15) is 0 Å². The molecule has 0 bridgehead atoms. The number of carbonyl (C=O) groups is 2. The van der Waals surface area contributed by atoms with E-state index in [2.05, 4.69) is 5.32 Å². The van der Waals surface area contributed by atoms with Gasteiger partial charge in [0, 0.05) is 24.0 Å². The van der Waals surface area contributed by atoms with Crippen molar-refractivity contribution in [2.75, 3.05) is 6.61 Å². The monoisotopic (exact) mass is 532 g/mol. The van der Waals surface area contributed by atoms with Crippen LogP contribution in [-0.2, 0) is 22.6 Å². The van der Waals surface area contributed by atoms with Crippen LogP contribution in [0, 0.1) is 13.8 Å². The van der Waals surface area contributed by atoms with E-state index in [1.165, 1.54) is 6.42 Å². The van der Waals surface area contributed by atoms with E-state index in [1.807, 2.05) is 80.6 Å². The first-order valence-corrected chi connectivity index (χ1v) is 13.9. The summed E-state index contributed by atoms with van der Waals surface area (Å²) in [5.41, 5.74) is 4.03. The fraction of sp³-hybridized carbons (Fsp3) is 0.375. The number of hydrogen-bond acceptors (Lipinski definition) is 3. The number of amides is 2. The van der Waals surface area contributed by atoms with E-state index in [4.69, 9.17) is 16.3 Å². The SMILES string of the molecule is Cc1ccc(OCC(=O)N(Cc2ccccc2Cl)C(Cc2ccccc2)C(=O)NC2CCCCC2)cc1C. The van der Waals surface area contributed by atoms with Gasteiger partial charge in [-0.25, -0.2) is 0 Å². The minimum absolute atomic E-state index is 0.132. The van der Waals surface area contributed by atoms with Crippen LogP contribution in [0.15, 0.2) is 72.8 Å². The zero-order valence-corrected chi connectivity index (χ0v) is 23.0. The fourth-order valence-corrected chi connectivity index (χ4v) is 5.14. The van der Waals surface area contributed by atoms with Gasteiger partial charge in [0.05, 0.1) is 0 Å². The Hall–Kier alpha value is -3.31. The van der Waals surface area contributed by atoms with E-state index in [0.717, 1.165) is 47.9 Å². The summed E-state index contributed by atoms with van der Waals surface area (Å²) in [6, 6.07) is 22.5. The normalized spacial score (nSPS) is 14.5. The molecule has 1 fully saturated rings. The van der Waals surface area contributed by atoms with Crippen molar-refractivity contribution in [1.82, 2.24) is 10.2 Å². The molecule has 38 heavy (non-hydrogen) atoms. The fourth-order valence-electron chi connectivity index (χ4n) is 4.94. The maximum absolute atomic E-state index is 13.8. The average molecular weight is 533 g/mol. The van der Waals surface area contributed by atoms with E-state index in [9.17, 15) is 9.59 Å². The zero-order valence-electron chi connectivity index (χ0n) is 22.3. The molecule has 3 aromatic rings. The van der Waals surface area contributed by atoms with Crippen LogP contribution < -0.4 is 10.1 Å². The minimum Gasteiger partial charge on any atom is -0.484 e. The van der Waals surface area contributed by atoms with E-state index in [0.29, 0.717) is 17.2 Å². The second-order valence-corrected chi connectivity index (χ2v) is 10.6. The Morgan fingerprint density at radius 2 is 1.66 bits per heavy atom. The summed E-state index contributed by atoms with van der Waals surface area (Å²) in [6.07, 6.45) is 5.77. The van der Waals surface area contributed by atoms with Gasteiger partial charge in [0.1, 0.15) is 11.8 Å². The summed E-state index contributed by atoms with van der Waals surface area (Å²) in [6.45, 7) is 4.09. The van der Waals surface area contributed by atoms with Gasteiger partial charge < -0.3 is 15.0 Å². The van der Waals surface area contributed by atoms with Gasteiger partial charge in [-0.05, 0) is 67.1 Å². The predicted molar refractivity (Wildman–Crippen MR) is 152 cm³/mol. The molecule has 1 unspecified atom stereocenters. The molecule has 1 aliphatic rings. The quantitative estimate of drug-likeness (QED) is 0.327. The first-order valence-electron chi connectivity index (χ1n) is 13.5. The highest BCUT2D eigenvalue weighted by atomic mass is 35.5. The molecular weight excluding hydrogens is 496 g/mol. The number of nitrogens with one attached hydrogen (secondary N) is 1. The number of rotatable bonds is 10. The first kappa shape index (κ1) is 27.7. The van der Waals surface area contributed by atoms with Crippen LogP contribution in [0.1, 0.15) is 54.4 Å². The van der Waals surface area contributed by atoms with Crippen molar-refractivity contribution in [2.45, 2.75) is 71.0 Å². The molecule has 1 N–H and O–H groups in total. The molecule has 0 aliphatic heterocycles. The molecule has 5 nitrogen and oxygen atoms in total. The van der Waals surface area contributed by atoms with Gasteiger partial charge in [0.15, 0.2) is 6.61 Å². The number of ether oxygens (including phenoxy) is 1. The third kappa shape index (κ3) is 7.61. The topological polar surface area (TPSA) is 58.6 Å². The molecule has 1 atom stereocenters. The summed E-state index contributed by atoms with van der Waals surface area (Å²) < 4.78 is 5.93. The highest BCUT2D eigenvalue weighted by Crippen LogP contribution is 2.23. The molecule has 2 amide bonds. The molecule has 0 aromatic heterocycles. The van der Waals surface area contributed by atoms with Crippen LogP contribution >= 0.6 is 11.6 Å². The maximum Gasteiger partial charge on any atom is 0.261 e.